The molecular weight excluding hydrogens is 254 g/mol. The lowest BCUT2D eigenvalue weighted by atomic mass is 10.2. The minimum Gasteiger partial charge on any atom is -0.479 e. The van der Waals surface area contributed by atoms with Crippen molar-refractivity contribution in [3.63, 3.8) is 0 Å². The van der Waals surface area contributed by atoms with Crippen LogP contribution in [0.1, 0.15) is 12.8 Å². The van der Waals surface area contributed by atoms with Crippen LogP contribution in [-0.4, -0.2) is 77.3 Å². The van der Waals surface area contributed by atoms with E-state index >= 15 is 0 Å². The number of aliphatic carboxylic acids is 1. The third kappa shape index (κ3) is 4.74. The van der Waals surface area contributed by atoms with E-state index in [0.717, 1.165) is 0 Å². The summed E-state index contributed by atoms with van der Waals surface area (Å²) < 4.78 is 0. The Morgan fingerprint density at radius 2 is 2.11 bits per heavy atom. The maximum atomic E-state index is 11.8. The van der Waals surface area contributed by atoms with Crippen molar-refractivity contribution in [1.29, 1.82) is 0 Å². The first-order valence-electron chi connectivity index (χ1n) is 6.09. The van der Waals surface area contributed by atoms with Gasteiger partial charge in [0.15, 0.2) is 6.10 Å². The summed E-state index contributed by atoms with van der Waals surface area (Å²) in [5.41, 5.74) is 0. The molecule has 1 saturated heterocycles. The fourth-order valence-corrected chi connectivity index (χ4v) is 1.71. The minimum atomic E-state index is -1.49. The van der Waals surface area contributed by atoms with Crippen molar-refractivity contribution in [2.45, 2.75) is 18.9 Å². The normalized spacial score (nSPS) is 17.9. The highest BCUT2D eigenvalue weighted by Crippen LogP contribution is 2.02. The van der Waals surface area contributed by atoms with Gasteiger partial charge < -0.3 is 25.3 Å². The van der Waals surface area contributed by atoms with Gasteiger partial charge in [-0.3, -0.25) is 4.79 Å². The van der Waals surface area contributed by atoms with Crippen LogP contribution in [0.2, 0.25) is 0 Å². The van der Waals surface area contributed by atoms with Gasteiger partial charge in [-0.05, 0) is 6.42 Å². The van der Waals surface area contributed by atoms with E-state index in [1.54, 1.807) is 11.9 Å². The maximum absolute atomic E-state index is 11.8. The van der Waals surface area contributed by atoms with Crippen molar-refractivity contribution in [3.05, 3.63) is 0 Å². The van der Waals surface area contributed by atoms with E-state index in [0.29, 0.717) is 19.5 Å². The second kappa shape index (κ2) is 6.93. The summed E-state index contributed by atoms with van der Waals surface area (Å²) in [4.78, 5) is 36.7. The van der Waals surface area contributed by atoms with Gasteiger partial charge in [0.05, 0.1) is 0 Å². The molecule has 1 heterocycles. The number of carboxylic acids is 1. The van der Waals surface area contributed by atoms with Gasteiger partial charge in [-0.1, -0.05) is 0 Å². The Morgan fingerprint density at radius 1 is 1.42 bits per heavy atom. The fraction of sp³-hybridized carbons (Fsp3) is 0.727. The molecule has 3 amide bonds. The monoisotopic (exact) mass is 273 g/mol. The lowest BCUT2D eigenvalue weighted by Gasteiger charge is -2.20. The lowest BCUT2D eigenvalue weighted by molar-refractivity contribution is -0.146. The van der Waals surface area contributed by atoms with Crippen LogP contribution in [0.3, 0.4) is 0 Å². The number of aliphatic hydroxyl groups excluding tert-OH is 1. The molecular formula is C11H19N3O5. The van der Waals surface area contributed by atoms with Crippen LogP contribution in [-0.2, 0) is 9.59 Å². The molecule has 1 aliphatic rings. The van der Waals surface area contributed by atoms with Crippen LogP contribution in [0.4, 0.5) is 4.79 Å². The molecule has 0 bridgehead atoms. The molecule has 19 heavy (non-hydrogen) atoms. The van der Waals surface area contributed by atoms with E-state index in [2.05, 4.69) is 5.32 Å². The molecule has 0 aliphatic carbocycles. The van der Waals surface area contributed by atoms with E-state index < -0.39 is 18.1 Å². The molecule has 1 atom stereocenters. The largest absolute Gasteiger partial charge is 0.479 e. The van der Waals surface area contributed by atoms with Crippen LogP contribution < -0.4 is 5.32 Å². The highest BCUT2D eigenvalue weighted by molar-refractivity contribution is 5.84. The molecule has 0 radical (unpaired) electrons. The number of carbonyl (C=O) groups is 3. The number of hydrogen-bond acceptors (Lipinski definition) is 4. The van der Waals surface area contributed by atoms with Gasteiger partial charge in [0.25, 0.3) is 0 Å². The zero-order valence-electron chi connectivity index (χ0n) is 10.8. The number of amides is 3. The number of carbonyl (C=O) groups excluding carboxylic acids is 2. The van der Waals surface area contributed by atoms with Crippen molar-refractivity contribution >= 4 is 17.9 Å². The molecule has 108 valence electrons. The second-order valence-electron chi connectivity index (χ2n) is 4.47. The highest BCUT2D eigenvalue weighted by atomic mass is 16.4. The molecule has 0 aromatic carbocycles. The van der Waals surface area contributed by atoms with Crippen LogP contribution in [0.15, 0.2) is 0 Å². The summed E-state index contributed by atoms with van der Waals surface area (Å²) in [5, 5.41) is 20.0. The Balaban J connectivity index is 2.36. The van der Waals surface area contributed by atoms with E-state index in [1.165, 1.54) is 4.90 Å². The van der Waals surface area contributed by atoms with E-state index in [4.69, 9.17) is 10.2 Å². The maximum Gasteiger partial charge on any atom is 0.332 e. The summed E-state index contributed by atoms with van der Waals surface area (Å²) in [6.07, 6.45) is -0.854. The molecule has 0 aromatic rings. The standard InChI is InChI=1S/C11H19N3O5/c1-13-5-2-6-14(7-9(13)16)11(19)12-4-3-8(15)10(17)18/h8,15H,2-7H2,1H3,(H,12,19)(H,17,18). The SMILES string of the molecule is CN1CCCN(C(=O)NCCC(O)C(=O)O)CC1=O. The molecule has 0 spiro atoms. The molecule has 1 fully saturated rings. The van der Waals surface area contributed by atoms with Gasteiger partial charge in [0, 0.05) is 33.1 Å². The smallest absolute Gasteiger partial charge is 0.332 e. The number of hydrogen-bond donors (Lipinski definition) is 3. The van der Waals surface area contributed by atoms with Crippen LogP contribution in [0, 0.1) is 0 Å². The van der Waals surface area contributed by atoms with Crippen LogP contribution in [0.25, 0.3) is 0 Å². The molecule has 0 saturated carbocycles. The van der Waals surface area contributed by atoms with Crippen LogP contribution in [0.5, 0.6) is 0 Å². The predicted octanol–water partition coefficient (Wildman–Crippen LogP) is -1.30. The van der Waals surface area contributed by atoms with E-state index in [9.17, 15) is 14.4 Å². The van der Waals surface area contributed by atoms with Crippen LogP contribution >= 0.6 is 0 Å². The second-order valence-corrected chi connectivity index (χ2v) is 4.47. The number of aliphatic hydroxyl groups is 1. The summed E-state index contributed by atoms with van der Waals surface area (Å²) in [6, 6.07) is -0.416. The molecule has 8 nitrogen and oxygen atoms in total. The summed E-state index contributed by atoms with van der Waals surface area (Å²) in [7, 11) is 1.69. The van der Waals surface area contributed by atoms with Crippen molar-refractivity contribution in [3.8, 4) is 0 Å². The number of urea groups is 1. The average Bonchev–Trinajstić information content (AvgIpc) is 2.51. The van der Waals surface area contributed by atoms with Crippen molar-refractivity contribution in [2.75, 3.05) is 33.2 Å². The van der Waals surface area contributed by atoms with Gasteiger partial charge in [-0.25, -0.2) is 9.59 Å². The van der Waals surface area contributed by atoms with E-state index in [1.807, 2.05) is 0 Å². The third-order valence-electron chi connectivity index (χ3n) is 2.94. The molecule has 1 aliphatic heterocycles. The first kappa shape index (κ1) is 15.2. The number of carboxylic acid groups (broad SMARTS) is 1. The predicted molar refractivity (Wildman–Crippen MR) is 65.5 cm³/mol. The van der Waals surface area contributed by atoms with Gasteiger partial charge in [0.1, 0.15) is 6.54 Å². The minimum absolute atomic E-state index is 0.0177. The van der Waals surface area contributed by atoms with Gasteiger partial charge >= 0.3 is 12.0 Å². The Bertz CT molecular complexity index is 360. The number of nitrogens with zero attached hydrogens (tertiary/aromatic N) is 2. The Kier molecular flexibility index (Phi) is 5.56. The molecule has 8 heteroatoms. The molecule has 1 rings (SSSR count). The molecule has 3 N–H and O–H groups in total. The number of nitrogens with one attached hydrogen (secondary N) is 1. The highest BCUT2D eigenvalue weighted by Gasteiger charge is 2.22. The Morgan fingerprint density at radius 3 is 2.74 bits per heavy atom. The van der Waals surface area contributed by atoms with Gasteiger partial charge in [-0.15, -0.1) is 0 Å². The first-order chi connectivity index (χ1) is 8.91. The first-order valence-corrected chi connectivity index (χ1v) is 6.09. The Labute approximate surface area is 111 Å². The zero-order chi connectivity index (χ0) is 14.4. The number of likely N-dealkylation sites (N-methyl/N-ethyl adjacent to an activating group) is 1. The van der Waals surface area contributed by atoms with E-state index in [-0.39, 0.29) is 25.4 Å². The topological polar surface area (TPSA) is 110 Å². The summed E-state index contributed by atoms with van der Waals surface area (Å²) >= 11 is 0. The lowest BCUT2D eigenvalue weighted by Crippen LogP contribution is -2.44. The zero-order valence-corrected chi connectivity index (χ0v) is 10.8. The molecule has 0 aromatic heterocycles. The van der Waals surface area contributed by atoms with Crippen molar-refractivity contribution in [1.82, 2.24) is 15.1 Å². The summed E-state index contributed by atoms with van der Waals surface area (Å²) in [5.74, 6) is -1.45. The fourth-order valence-electron chi connectivity index (χ4n) is 1.71. The van der Waals surface area contributed by atoms with Crippen molar-refractivity contribution in [2.24, 2.45) is 0 Å². The third-order valence-corrected chi connectivity index (χ3v) is 2.94. The van der Waals surface area contributed by atoms with Gasteiger partial charge in [0.2, 0.25) is 5.91 Å². The average molecular weight is 273 g/mol. The van der Waals surface area contributed by atoms with Crippen molar-refractivity contribution < 1.29 is 24.6 Å². The van der Waals surface area contributed by atoms with Gasteiger partial charge in [-0.2, -0.15) is 0 Å². The molecule has 1 unspecified atom stereocenters. The summed E-state index contributed by atoms with van der Waals surface area (Å²) in [6.45, 7) is 1.15. The quantitative estimate of drug-likeness (QED) is 0.589. The Hall–Kier alpha value is -1.83. The number of rotatable bonds is 4.